The van der Waals surface area contributed by atoms with Crippen molar-refractivity contribution in [3.8, 4) is 5.69 Å². The minimum atomic E-state index is -0.0673. The van der Waals surface area contributed by atoms with Crippen molar-refractivity contribution in [1.29, 1.82) is 0 Å². The molecule has 5 nitrogen and oxygen atoms in total. The standard InChI is InChI=1S/C26H26N4OS/c1-3-20-11-13-22(14-12-20)27-25(31)18-32-26-29-28-24(17-21-7-5-4-6-8-21)30(26)23-15-9-19(2)10-16-23/h4-16H,3,17-18H2,1-2H3,(H,27,31). The summed E-state index contributed by atoms with van der Waals surface area (Å²) in [7, 11) is 0. The summed E-state index contributed by atoms with van der Waals surface area (Å²) in [6.07, 6.45) is 1.64. The van der Waals surface area contributed by atoms with Gasteiger partial charge in [0.1, 0.15) is 5.82 Å². The number of carbonyl (C=O) groups excluding carboxylic acids is 1. The van der Waals surface area contributed by atoms with E-state index in [1.54, 1.807) is 0 Å². The molecule has 0 atom stereocenters. The van der Waals surface area contributed by atoms with Crippen LogP contribution in [0, 0.1) is 6.92 Å². The quantitative estimate of drug-likeness (QED) is 0.368. The molecule has 162 valence electrons. The Morgan fingerprint density at radius 2 is 1.62 bits per heavy atom. The molecule has 0 fully saturated rings. The van der Waals surface area contributed by atoms with Crippen LogP contribution in [0.2, 0.25) is 0 Å². The van der Waals surface area contributed by atoms with E-state index in [-0.39, 0.29) is 11.7 Å². The van der Waals surface area contributed by atoms with Crippen molar-refractivity contribution in [3.63, 3.8) is 0 Å². The van der Waals surface area contributed by atoms with Crippen LogP contribution in [0.25, 0.3) is 5.69 Å². The van der Waals surface area contributed by atoms with Crippen molar-refractivity contribution in [2.75, 3.05) is 11.1 Å². The highest BCUT2D eigenvalue weighted by molar-refractivity contribution is 7.99. The molecule has 32 heavy (non-hydrogen) atoms. The number of nitrogens with zero attached hydrogens (tertiary/aromatic N) is 3. The van der Waals surface area contributed by atoms with E-state index >= 15 is 0 Å². The van der Waals surface area contributed by atoms with Gasteiger partial charge in [-0.15, -0.1) is 10.2 Å². The Hall–Kier alpha value is -3.38. The molecule has 3 aromatic carbocycles. The van der Waals surface area contributed by atoms with Crippen LogP contribution in [0.5, 0.6) is 0 Å². The van der Waals surface area contributed by atoms with E-state index in [1.165, 1.54) is 22.9 Å². The van der Waals surface area contributed by atoms with Crippen molar-refractivity contribution >= 4 is 23.4 Å². The van der Waals surface area contributed by atoms with Crippen molar-refractivity contribution < 1.29 is 4.79 Å². The predicted molar refractivity (Wildman–Crippen MR) is 131 cm³/mol. The van der Waals surface area contributed by atoms with Crippen molar-refractivity contribution in [1.82, 2.24) is 14.8 Å². The van der Waals surface area contributed by atoms with E-state index in [2.05, 4.69) is 65.8 Å². The fraction of sp³-hybridized carbons (Fsp3) is 0.192. The second-order valence-electron chi connectivity index (χ2n) is 7.62. The molecule has 0 spiro atoms. The second-order valence-corrected chi connectivity index (χ2v) is 8.56. The molecular weight excluding hydrogens is 416 g/mol. The molecule has 1 N–H and O–H groups in total. The summed E-state index contributed by atoms with van der Waals surface area (Å²) < 4.78 is 2.04. The van der Waals surface area contributed by atoms with Crippen LogP contribution in [0.3, 0.4) is 0 Å². The lowest BCUT2D eigenvalue weighted by atomic mass is 10.1. The van der Waals surface area contributed by atoms with Gasteiger partial charge in [-0.1, -0.05) is 78.8 Å². The first-order chi connectivity index (χ1) is 15.6. The molecular formula is C26H26N4OS. The third-order valence-electron chi connectivity index (χ3n) is 5.18. The van der Waals surface area contributed by atoms with E-state index in [1.807, 2.05) is 47.0 Å². The summed E-state index contributed by atoms with van der Waals surface area (Å²) in [6, 6.07) is 26.4. The van der Waals surface area contributed by atoms with E-state index in [0.29, 0.717) is 11.6 Å². The monoisotopic (exact) mass is 442 g/mol. The first-order valence-corrected chi connectivity index (χ1v) is 11.7. The van der Waals surface area contributed by atoms with Crippen LogP contribution >= 0.6 is 11.8 Å². The number of benzene rings is 3. The van der Waals surface area contributed by atoms with Gasteiger partial charge in [0.25, 0.3) is 0 Å². The van der Waals surface area contributed by atoms with Gasteiger partial charge < -0.3 is 5.32 Å². The third kappa shape index (κ3) is 5.45. The zero-order valence-corrected chi connectivity index (χ0v) is 19.1. The number of rotatable bonds is 8. The van der Waals surface area contributed by atoms with Gasteiger partial charge in [0.05, 0.1) is 5.75 Å². The Bertz CT molecular complexity index is 1170. The Morgan fingerprint density at radius 1 is 0.906 bits per heavy atom. The van der Waals surface area contributed by atoms with E-state index in [0.717, 1.165) is 29.2 Å². The number of hydrogen-bond donors (Lipinski definition) is 1. The lowest BCUT2D eigenvalue weighted by Gasteiger charge is -2.11. The normalized spacial score (nSPS) is 10.8. The predicted octanol–water partition coefficient (Wildman–Crippen LogP) is 5.46. The highest BCUT2D eigenvalue weighted by Gasteiger charge is 2.16. The number of carbonyl (C=O) groups is 1. The molecule has 0 saturated carbocycles. The van der Waals surface area contributed by atoms with Gasteiger partial charge in [0.2, 0.25) is 5.91 Å². The molecule has 0 bridgehead atoms. The maximum Gasteiger partial charge on any atom is 0.234 e. The molecule has 0 aliphatic heterocycles. The number of hydrogen-bond acceptors (Lipinski definition) is 4. The van der Waals surface area contributed by atoms with Crippen molar-refractivity contribution in [3.05, 3.63) is 101 Å². The molecule has 6 heteroatoms. The minimum Gasteiger partial charge on any atom is -0.325 e. The zero-order valence-electron chi connectivity index (χ0n) is 18.3. The fourth-order valence-corrected chi connectivity index (χ4v) is 4.16. The molecule has 1 heterocycles. The second kappa shape index (κ2) is 10.3. The average molecular weight is 443 g/mol. The molecule has 4 rings (SSSR count). The Kier molecular flexibility index (Phi) is 7.02. The first-order valence-electron chi connectivity index (χ1n) is 10.7. The van der Waals surface area contributed by atoms with Gasteiger partial charge in [0.15, 0.2) is 5.16 Å². The summed E-state index contributed by atoms with van der Waals surface area (Å²) in [6.45, 7) is 4.17. The fourth-order valence-electron chi connectivity index (χ4n) is 3.39. The molecule has 0 saturated heterocycles. The maximum absolute atomic E-state index is 12.5. The van der Waals surface area contributed by atoms with E-state index < -0.39 is 0 Å². The lowest BCUT2D eigenvalue weighted by Crippen LogP contribution is -2.14. The van der Waals surface area contributed by atoms with Crippen LogP contribution < -0.4 is 5.32 Å². The number of amides is 1. The van der Waals surface area contributed by atoms with Gasteiger partial charge >= 0.3 is 0 Å². The smallest absolute Gasteiger partial charge is 0.234 e. The number of aromatic nitrogens is 3. The highest BCUT2D eigenvalue weighted by atomic mass is 32.2. The first kappa shape index (κ1) is 21.8. The molecule has 0 aliphatic rings. The number of aryl methyl sites for hydroxylation is 2. The van der Waals surface area contributed by atoms with Crippen LogP contribution in [-0.2, 0) is 17.6 Å². The highest BCUT2D eigenvalue weighted by Crippen LogP contribution is 2.24. The van der Waals surface area contributed by atoms with Crippen LogP contribution in [0.4, 0.5) is 5.69 Å². The van der Waals surface area contributed by atoms with E-state index in [9.17, 15) is 4.79 Å². The topological polar surface area (TPSA) is 59.8 Å². The van der Waals surface area contributed by atoms with Crippen molar-refractivity contribution in [2.45, 2.75) is 31.8 Å². The van der Waals surface area contributed by atoms with Crippen LogP contribution in [0.15, 0.2) is 84.0 Å². The minimum absolute atomic E-state index is 0.0673. The van der Waals surface area contributed by atoms with Crippen molar-refractivity contribution in [2.24, 2.45) is 0 Å². The number of nitrogens with one attached hydrogen (secondary N) is 1. The summed E-state index contributed by atoms with van der Waals surface area (Å²) in [5.74, 6) is 1.03. The van der Waals surface area contributed by atoms with Gasteiger partial charge in [-0.2, -0.15) is 0 Å². The maximum atomic E-state index is 12.5. The van der Waals surface area contributed by atoms with Crippen LogP contribution in [-0.4, -0.2) is 26.4 Å². The molecule has 4 aromatic rings. The molecule has 1 aromatic heterocycles. The number of thioether (sulfide) groups is 1. The van der Waals surface area contributed by atoms with Gasteiger partial charge in [-0.05, 0) is 48.7 Å². The Balaban J connectivity index is 1.52. The summed E-state index contributed by atoms with van der Waals surface area (Å²) in [5, 5.41) is 12.5. The summed E-state index contributed by atoms with van der Waals surface area (Å²) >= 11 is 1.39. The summed E-state index contributed by atoms with van der Waals surface area (Å²) in [5.41, 5.74) is 5.39. The lowest BCUT2D eigenvalue weighted by molar-refractivity contribution is -0.113. The third-order valence-corrected chi connectivity index (χ3v) is 6.10. The van der Waals surface area contributed by atoms with Gasteiger partial charge in [-0.25, -0.2) is 0 Å². The SMILES string of the molecule is CCc1ccc(NC(=O)CSc2nnc(Cc3ccccc3)n2-c2ccc(C)cc2)cc1. The Labute approximate surface area is 192 Å². The van der Waals surface area contributed by atoms with Crippen LogP contribution in [0.1, 0.15) is 29.4 Å². The molecule has 0 unspecified atom stereocenters. The summed E-state index contributed by atoms with van der Waals surface area (Å²) in [4.78, 5) is 12.5. The molecule has 1 amide bonds. The van der Waals surface area contributed by atoms with E-state index in [4.69, 9.17) is 0 Å². The van der Waals surface area contributed by atoms with Gasteiger partial charge in [-0.3, -0.25) is 9.36 Å². The zero-order chi connectivity index (χ0) is 22.3. The van der Waals surface area contributed by atoms with Gasteiger partial charge in [0, 0.05) is 17.8 Å². The molecule has 0 aliphatic carbocycles. The molecule has 0 radical (unpaired) electrons. The average Bonchev–Trinajstić information content (AvgIpc) is 3.21. The Morgan fingerprint density at radius 3 is 2.31 bits per heavy atom. The largest absolute Gasteiger partial charge is 0.325 e. The number of anilines is 1.